The molecule has 130 valence electrons. The van der Waals surface area contributed by atoms with Crippen molar-refractivity contribution in [2.24, 2.45) is 13.0 Å². The van der Waals surface area contributed by atoms with Crippen LogP contribution in [0.25, 0.3) is 5.65 Å². The summed E-state index contributed by atoms with van der Waals surface area (Å²) in [5.74, 6) is -0.0651. The second-order valence-electron chi connectivity index (χ2n) is 6.52. The number of nitrogens with zero attached hydrogens (tertiary/aromatic N) is 4. The van der Waals surface area contributed by atoms with Crippen LogP contribution >= 0.6 is 11.6 Å². The summed E-state index contributed by atoms with van der Waals surface area (Å²) >= 11 is 5.97. The van der Waals surface area contributed by atoms with Crippen LogP contribution in [0.5, 0.6) is 0 Å². The molecule has 1 saturated carbocycles. The molecule has 7 nitrogen and oxygen atoms in total. The van der Waals surface area contributed by atoms with Crippen molar-refractivity contribution in [1.29, 1.82) is 0 Å². The van der Waals surface area contributed by atoms with Crippen LogP contribution in [0.2, 0.25) is 5.02 Å². The number of aliphatic hydroxyl groups is 1. The molecular weight excluding hydrogens is 342 g/mol. The Hall–Kier alpha value is -2.38. The monoisotopic (exact) mass is 359 g/mol. The van der Waals surface area contributed by atoms with Crippen LogP contribution in [0, 0.1) is 5.92 Å². The number of carbonyl (C=O) groups is 1. The summed E-state index contributed by atoms with van der Waals surface area (Å²) in [6.07, 6.45) is 8.05. The summed E-state index contributed by atoms with van der Waals surface area (Å²) in [5.41, 5.74) is 1.92. The fourth-order valence-electron chi connectivity index (χ4n) is 3.27. The summed E-state index contributed by atoms with van der Waals surface area (Å²) < 4.78 is 3.43. The van der Waals surface area contributed by atoms with Gasteiger partial charge in [-0.2, -0.15) is 5.10 Å². The SMILES string of the molecule is Cn1cc(C(NC(=O)c2cn3cc(Cl)ccc3n2)C2CC(O)C2)cn1. The smallest absolute Gasteiger partial charge is 0.272 e. The highest BCUT2D eigenvalue weighted by Gasteiger charge is 2.36. The predicted octanol–water partition coefficient (Wildman–Crippen LogP) is 1.96. The highest BCUT2D eigenvalue weighted by atomic mass is 35.5. The number of carbonyl (C=O) groups excluding carboxylic acids is 1. The Kier molecular flexibility index (Phi) is 3.97. The van der Waals surface area contributed by atoms with Crippen LogP contribution in [0.4, 0.5) is 0 Å². The molecule has 3 heterocycles. The van der Waals surface area contributed by atoms with Gasteiger partial charge < -0.3 is 14.8 Å². The van der Waals surface area contributed by atoms with Crippen molar-refractivity contribution in [3.8, 4) is 0 Å². The van der Waals surface area contributed by atoms with Crippen molar-refractivity contribution in [3.05, 3.63) is 53.2 Å². The largest absolute Gasteiger partial charge is 0.393 e. The van der Waals surface area contributed by atoms with Gasteiger partial charge in [-0.1, -0.05) is 11.6 Å². The highest BCUT2D eigenvalue weighted by Crippen LogP contribution is 2.38. The van der Waals surface area contributed by atoms with Crippen LogP contribution in [0.3, 0.4) is 0 Å². The first-order chi connectivity index (χ1) is 12.0. The number of pyridine rings is 1. The molecule has 1 amide bonds. The van der Waals surface area contributed by atoms with Crippen molar-refractivity contribution >= 4 is 23.2 Å². The van der Waals surface area contributed by atoms with Crippen LogP contribution in [-0.4, -0.2) is 36.3 Å². The molecule has 0 radical (unpaired) electrons. The molecule has 3 aromatic rings. The molecule has 2 N–H and O–H groups in total. The third-order valence-corrected chi connectivity index (χ3v) is 4.86. The van der Waals surface area contributed by atoms with E-state index in [1.807, 2.05) is 13.2 Å². The quantitative estimate of drug-likeness (QED) is 0.745. The van der Waals surface area contributed by atoms with Crippen LogP contribution in [-0.2, 0) is 7.05 Å². The molecule has 4 rings (SSSR count). The number of nitrogens with one attached hydrogen (secondary N) is 1. The molecule has 0 aliphatic heterocycles. The number of aromatic nitrogens is 4. The lowest BCUT2D eigenvalue weighted by Crippen LogP contribution is -2.41. The Morgan fingerprint density at radius 2 is 2.16 bits per heavy atom. The van der Waals surface area contributed by atoms with E-state index in [1.54, 1.807) is 39.8 Å². The van der Waals surface area contributed by atoms with E-state index in [9.17, 15) is 9.90 Å². The topological polar surface area (TPSA) is 84.5 Å². The summed E-state index contributed by atoms with van der Waals surface area (Å²) in [7, 11) is 1.84. The maximum atomic E-state index is 12.7. The van der Waals surface area contributed by atoms with Gasteiger partial charge in [-0.15, -0.1) is 0 Å². The number of aliphatic hydroxyl groups excluding tert-OH is 1. The summed E-state index contributed by atoms with van der Waals surface area (Å²) in [6, 6.07) is 3.30. The minimum Gasteiger partial charge on any atom is -0.393 e. The molecule has 0 aromatic carbocycles. The van der Waals surface area contributed by atoms with Gasteiger partial charge in [0.15, 0.2) is 0 Å². The van der Waals surface area contributed by atoms with Gasteiger partial charge >= 0.3 is 0 Å². The van der Waals surface area contributed by atoms with Gasteiger partial charge in [0.25, 0.3) is 5.91 Å². The third-order valence-electron chi connectivity index (χ3n) is 4.64. The van der Waals surface area contributed by atoms with E-state index >= 15 is 0 Å². The van der Waals surface area contributed by atoms with Crippen molar-refractivity contribution < 1.29 is 9.90 Å². The number of hydrogen-bond acceptors (Lipinski definition) is 4. The van der Waals surface area contributed by atoms with Gasteiger partial charge in [0, 0.05) is 31.2 Å². The van der Waals surface area contributed by atoms with Gasteiger partial charge in [0.05, 0.1) is 23.4 Å². The van der Waals surface area contributed by atoms with Gasteiger partial charge in [-0.3, -0.25) is 9.48 Å². The first-order valence-corrected chi connectivity index (χ1v) is 8.49. The molecule has 25 heavy (non-hydrogen) atoms. The number of rotatable bonds is 4. The molecule has 3 aromatic heterocycles. The zero-order valence-electron chi connectivity index (χ0n) is 13.6. The van der Waals surface area contributed by atoms with E-state index in [2.05, 4.69) is 15.4 Å². The standard InChI is InChI=1S/C17H18ClN5O2/c1-22-7-11(6-19-22)16(10-4-13(24)5-10)21-17(25)14-9-23-8-12(18)2-3-15(23)20-14/h2-3,6-10,13,16,24H,4-5H2,1H3,(H,21,25). The fourth-order valence-corrected chi connectivity index (χ4v) is 3.43. The molecule has 1 aliphatic carbocycles. The molecule has 0 spiro atoms. The van der Waals surface area contributed by atoms with E-state index < -0.39 is 0 Å². The lowest BCUT2D eigenvalue weighted by molar-refractivity contribution is 0.0234. The average Bonchev–Trinajstić information content (AvgIpc) is 3.15. The lowest BCUT2D eigenvalue weighted by Gasteiger charge is -2.37. The third kappa shape index (κ3) is 3.12. The zero-order chi connectivity index (χ0) is 17.6. The zero-order valence-corrected chi connectivity index (χ0v) is 14.4. The van der Waals surface area contributed by atoms with Gasteiger partial charge in [0.2, 0.25) is 0 Å². The highest BCUT2D eigenvalue weighted by molar-refractivity contribution is 6.30. The minimum absolute atomic E-state index is 0.189. The maximum Gasteiger partial charge on any atom is 0.272 e. The molecule has 0 saturated heterocycles. The Bertz CT molecular complexity index is 928. The molecule has 0 bridgehead atoms. The number of fused-ring (bicyclic) bond motifs is 1. The van der Waals surface area contributed by atoms with Crippen molar-refractivity contribution in [1.82, 2.24) is 24.5 Å². The van der Waals surface area contributed by atoms with Gasteiger partial charge in [-0.05, 0) is 30.9 Å². The van der Waals surface area contributed by atoms with Crippen LogP contribution in [0.15, 0.2) is 36.9 Å². The Labute approximate surface area is 149 Å². The van der Waals surface area contributed by atoms with E-state index in [4.69, 9.17) is 11.6 Å². The summed E-state index contributed by atoms with van der Waals surface area (Å²) in [5, 5.41) is 17.4. The molecule has 1 unspecified atom stereocenters. The summed E-state index contributed by atoms with van der Waals surface area (Å²) in [6.45, 7) is 0. The first kappa shape index (κ1) is 16.1. The van der Waals surface area contributed by atoms with Gasteiger partial charge in [-0.25, -0.2) is 4.98 Å². The molecule has 1 fully saturated rings. The van der Waals surface area contributed by atoms with Crippen LogP contribution < -0.4 is 5.32 Å². The molecule has 1 atom stereocenters. The van der Waals surface area contributed by atoms with Crippen molar-refractivity contribution in [3.63, 3.8) is 0 Å². The number of hydrogen-bond donors (Lipinski definition) is 2. The van der Waals surface area contributed by atoms with E-state index in [0.717, 1.165) is 5.56 Å². The normalized spacial score (nSPS) is 21.1. The predicted molar refractivity (Wildman–Crippen MR) is 92.3 cm³/mol. The lowest BCUT2D eigenvalue weighted by atomic mass is 9.75. The van der Waals surface area contributed by atoms with E-state index in [-0.39, 0.29) is 24.0 Å². The molecule has 1 aliphatic rings. The van der Waals surface area contributed by atoms with Crippen molar-refractivity contribution in [2.75, 3.05) is 0 Å². The summed E-state index contributed by atoms with van der Waals surface area (Å²) in [4.78, 5) is 17.1. The van der Waals surface area contributed by atoms with Crippen molar-refractivity contribution in [2.45, 2.75) is 25.0 Å². The number of aryl methyl sites for hydroxylation is 1. The number of imidazole rings is 1. The first-order valence-electron chi connectivity index (χ1n) is 8.11. The van der Waals surface area contributed by atoms with Crippen LogP contribution in [0.1, 0.15) is 34.9 Å². The second kappa shape index (κ2) is 6.16. The average molecular weight is 360 g/mol. The Balaban J connectivity index is 1.58. The Morgan fingerprint density at radius 1 is 1.36 bits per heavy atom. The van der Waals surface area contributed by atoms with E-state index in [0.29, 0.717) is 29.2 Å². The van der Waals surface area contributed by atoms with Gasteiger partial charge in [0.1, 0.15) is 11.3 Å². The second-order valence-corrected chi connectivity index (χ2v) is 6.96. The Morgan fingerprint density at radius 3 is 2.84 bits per heavy atom. The molecule has 8 heteroatoms. The maximum absolute atomic E-state index is 12.7. The number of halogens is 1. The minimum atomic E-state index is -0.293. The number of amides is 1. The molecular formula is C17H18ClN5O2. The fraction of sp³-hybridized carbons (Fsp3) is 0.353. The van der Waals surface area contributed by atoms with E-state index in [1.165, 1.54) is 0 Å².